The van der Waals surface area contributed by atoms with Crippen LogP contribution >= 0.6 is 11.3 Å². The van der Waals surface area contributed by atoms with Crippen LogP contribution in [0.25, 0.3) is 0 Å². The molecular formula is C15H23N4OS+. The number of nitrogens with zero attached hydrogens (tertiary/aromatic N) is 3. The molecule has 0 unspecified atom stereocenters. The fourth-order valence-corrected chi connectivity index (χ4v) is 3.26. The Hall–Kier alpha value is -1.29. The molecule has 1 atom stereocenters. The van der Waals surface area contributed by atoms with E-state index in [1.807, 2.05) is 12.3 Å². The second kappa shape index (κ2) is 7.12. The molecule has 21 heavy (non-hydrogen) atoms. The highest BCUT2D eigenvalue weighted by Crippen LogP contribution is 2.18. The molecule has 1 aromatic rings. The third-order valence-electron chi connectivity index (χ3n) is 3.84. The van der Waals surface area contributed by atoms with Gasteiger partial charge in [-0.1, -0.05) is 0 Å². The number of nitrogens with one attached hydrogen (secondary N) is 1. The number of thiazole rings is 1. The van der Waals surface area contributed by atoms with Crippen LogP contribution in [0.2, 0.25) is 0 Å². The second-order valence-corrected chi connectivity index (χ2v) is 6.91. The Morgan fingerprint density at radius 2 is 2.29 bits per heavy atom. The van der Waals surface area contributed by atoms with Crippen molar-refractivity contribution in [3.05, 3.63) is 16.1 Å². The topological polar surface area (TPSA) is 62.7 Å². The zero-order valence-electron chi connectivity index (χ0n) is 12.9. The Bertz CT molecular complexity index is 526. The van der Waals surface area contributed by atoms with Crippen molar-refractivity contribution in [2.45, 2.75) is 32.2 Å². The third kappa shape index (κ3) is 4.34. The van der Waals surface area contributed by atoms with Crippen molar-refractivity contribution in [1.82, 2.24) is 4.98 Å². The highest BCUT2D eigenvalue weighted by molar-refractivity contribution is 7.09. The quantitative estimate of drug-likeness (QED) is 0.819. The smallest absolute Gasteiger partial charge is 0.133 e. The van der Waals surface area contributed by atoms with Crippen LogP contribution in [0.3, 0.4) is 0 Å². The molecule has 6 heteroatoms. The SMILES string of the molecule is Cc1csc([C@H](C#N)C=NCC(C)(C)[NH+]2CCOCC2)n1. The van der Waals surface area contributed by atoms with Crippen molar-refractivity contribution < 1.29 is 9.64 Å². The summed E-state index contributed by atoms with van der Waals surface area (Å²) in [5, 5.41) is 12.1. The molecule has 0 aromatic carbocycles. The summed E-state index contributed by atoms with van der Waals surface area (Å²) in [4.78, 5) is 10.4. The lowest BCUT2D eigenvalue weighted by Crippen LogP contribution is -3.21. The van der Waals surface area contributed by atoms with Gasteiger partial charge >= 0.3 is 0 Å². The fourth-order valence-electron chi connectivity index (χ4n) is 2.46. The molecule has 1 aromatic heterocycles. The van der Waals surface area contributed by atoms with Gasteiger partial charge in [-0.3, -0.25) is 4.99 Å². The number of quaternary nitrogens is 1. The van der Waals surface area contributed by atoms with Crippen LogP contribution < -0.4 is 4.90 Å². The minimum absolute atomic E-state index is 0.0685. The standard InChI is InChI=1S/C15H22N4OS/c1-12-10-21-14(18-12)13(8-16)9-17-11-15(2,3)19-4-6-20-7-5-19/h9-10,13H,4-7,11H2,1-3H3/p+1/t13-/m1/s1. The summed E-state index contributed by atoms with van der Waals surface area (Å²) in [5.41, 5.74) is 1.03. The van der Waals surface area contributed by atoms with Crippen LogP contribution in [0.5, 0.6) is 0 Å². The van der Waals surface area contributed by atoms with Gasteiger partial charge in [0.2, 0.25) is 0 Å². The van der Waals surface area contributed by atoms with E-state index in [-0.39, 0.29) is 11.5 Å². The Morgan fingerprint density at radius 1 is 1.57 bits per heavy atom. The van der Waals surface area contributed by atoms with E-state index in [0.29, 0.717) is 6.54 Å². The van der Waals surface area contributed by atoms with Crippen LogP contribution in [0.15, 0.2) is 10.4 Å². The van der Waals surface area contributed by atoms with Gasteiger partial charge in [0, 0.05) is 17.3 Å². The first-order chi connectivity index (χ1) is 10.0. The van der Waals surface area contributed by atoms with Gasteiger partial charge in [0.05, 0.1) is 25.8 Å². The first-order valence-corrected chi connectivity index (χ1v) is 8.15. The molecule has 1 aliphatic rings. The van der Waals surface area contributed by atoms with Crippen LogP contribution in [0, 0.1) is 18.3 Å². The van der Waals surface area contributed by atoms with Crippen molar-refractivity contribution in [2.24, 2.45) is 4.99 Å². The number of nitriles is 1. The van der Waals surface area contributed by atoms with E-state index in [2.05, 4.69) is 29.9 Å². The predicted octanol–water partition coefficient (Wildman–Crippen LogP) is 0.823. The van der Waals surface area contributed by atoms with Crippen molar-refractivity contribution in [3.8, 4) is 6.07 Å². The maximum Gasteiger partial charge on any atom is 0.133 e. The number of rotatable bonds is 5. The van der Waals surface area contributed by atoms with Gasteiger partial charge in [0.25, 0.3) is 0 Å². The Balaban J connectivity index is 1.95. The molecule has 1 N–H and O–H groups in total. The molecule has 0 bridgehead atoms. The Kier molecular flexibility index (Phi) is 5.45. The molecule has 1 fully saturated rings. The summed E-state index contributed by atoms with van der Waals surface area (Å²) in [6.07, 6.45) is 1.75. The fraction of sp³-hybridized carbons (Fsp3) is 0.667. The minimum Gasteiger partial charge on any atom is -0.370 e. The zero-order valence-corrected chi connectivity index (χ0v) is 13.7. The summed E-state index contributed by atoms with van der Waals surface area (Å²) in [7, 11) is 0. The largest absolute Gasteiger partial charge is 0.370 e. The van der Waals surface area contributed by atoms with E-state index in [0.717, 1.165) is 37.0 Å². The number of ether oxygens (including phenoxy) is 1. The molecule has 5 nitrogen and oxygen atoms in total. The lowest BCUT2D eigenvalue weighted by atomic mass is 10.0. The first kappa shape index (κ1) is 16.1. The summed E-state index contributed by atoms with van der Waals surface area (Å²) >= 11 is 1.52. The maximum atomic E-state index is 9.27. The van der Waals surface area contributed by atoms with Crippen LogP contribution in [-0.2, 0) is 4.74 Å². The molecule has 0 aliphatic carbocycles. The molecule has 1 aliphatic heterocycles. The first-order valence-electron chi connectivity index (χ1n) is 7.27. The summed E-state index contributed by atoms with van der Waals surface area (Å²) in [6, 6.07) is 2.27. The summed E-state index contributed by atoms with van der Waals surface area (Å²) < 4.78 is 5.41. The van der Waals surface area contributed by atoms with Crippen LogP contribution in [-0.4, -0.2) is 49.6 Å². The van der Waals surface area contributed by atoms with E-state index in [1.165, 1.54) is 16.2 Å². The van der Waals surface area contributed by atoms with E-state index in [9.17, 15) is 5.26 Å². The minimum atomic E-state index is -0.334. The molecule has 0 radical (unpaired) electrons. The van der Waals surface area contributed by atoms with Gasteiger partial charge in [-0.05, 0) is 20.8 Å². The Morgan fingerprint density at radius 3 is 2.86 bits per heavy atom. The molecule has 114 valence electrons. The molecule has 2 heterocycles. The number of aromatic nitrogens is 1. The van der Waals surface area contributed by atoms with E-state index in [1.54, 1.807) is 6.21 Å². The third-order valence-corrected chi connectivity index (χ3v) is 4.88. The van der Waals surface area contributed by atoms with Crippen LogP contribution in [0.1, 0.15) is 30.5 Å². The Labute approximate surface area is 130 Å². The summed E-state index contributed by atoms with van der Waals surface area (Å²) in [5.74, 6) is -0.334. The number of hydrogen-bond donors (Lipinski definition) is 1. The van der Waals surface area contributed by atoms with Gasteiger partial charge in [-0.15, -0.1) is 11.3 Å². The number of morpholine rings is 1. The normalized spacial score (nSPS) is 18.8. The van der Waals surface area contributed by atoms with Gasteiger partial charge in [-0.2, -0.15) is 5.26 Å². The molecule has 0 saturated carbocycles. The lowest BCUT2D eigenvalue weighted by Gasteiger charge is -2.36. The van der Waals surface area contributed by atoms with Crippen molar-refractivity contribution in [3.63, 3.8) is 0 Å². The van der Waals surface area contributed by atoms with Crippen molar-refractivity contribution >= 4 is 17.6 Å². The van der Waals surface area contributed by atoms with Gasteiger partial charge in [0.1, 0.15) is 29.6 Å². The number of aliphatic imine (C=N–C) groups is 1. The van der Waals surface area contributed by atoms with E-state index >= 15 is 0 Å². The molecule has 1 saturated heterocycles. The molecule has 0 amide bonds. The average Bonchev–Trinajstić information content (AvgIpc) is 2.91. The number of aryl methyl sites for hydroxylation is 1. The van der Waals surface area contributed by atoms with E-state index in [4.69, 9.17) is 4.74 Å². The summed E-state index contributed by atoms with van der Waals surface area (Å²) in [6.45, 7) is 10.8. The van der Waals surface area contributed by atoms with Crippen molar-refractivity contribution in [1.29, 1.82) is 5.26 Å². The van der Waals surface area contributed by atoms with E-state index < -0.39 is 0 Å². The molecule has 0 spiro atoms. The zero-order chi connectivity index (χ0) is 15.3. The maximum absolute atomic E-state index is 9.27. The highest BCUT2D eigenvalue weighted by atomic mass is 32.1. The lowest BCUT2D eigenvalue weighted by molar-refractivity contribution is -0.953. The van der Waals surface area contributed by atoms with Gasteiger partial charge < -0.3 is 9.64 Å². The molecule has 2 rings (SSSR count). The highest BCUT2D eigenvalue weighted by Gasteiger charge is 2.31. The predicted molar refractivity (Wildman–Crippen MR) is 84.2 cm³/mol. The second-order valence-electron chi connectivity index (χ2n) is 6.02. The number of hydrogen-bond acceptors (Lipinski definition) is 5. The molecular weight excluding hydrogens is 284 g/mol. The van der Waals surface area contributed by atoms with Gasteiger partial charge in [-0.25, -0.2) is 4.98 Å². The van der Waals surface area contributed by atoms with Crippen molar-refractivity contribution in [2.75, 3.05) is 32.8 Å². The monoisotopic (exact) mass is 307 g/mol. The van der Waals surface area contributed by atoms with Crippen LogP contribution in [0.4, 0.5) is 0 Å². The average molecular weight is 307 g/mol. The van der Waals surface area contributed by atoms with Gasteiger partial charge in [0.15, 0.2) is 0 Å².